The molecule has 2 nitrogen and oxygen atoms in total. The third-order valence-electron chi connectivity index (χ3n) is 4.32. The van der Waals surface area contributed by atoms with E-state index in [1.54, 1.807) is 6.07 Å². The fourth-order valence-electron chi connectivity index (χ4n) is 3.35. The van der Waals surface area contributed by atoms with E-state index < -0.39 is 0 Å². The van der Waals surface area contributed by atoms with E-state index >= 15 is 0 Å². The van der Waals surface area contributed by atoms with Crippen molar-refractivity contribution in [2.24, 2.45) is 0 Å². The first-order chi connectivity index (χ1) is 8.74. The van der Waals surface area contributed by atoms with Gasteiger partial charge in [0, 0.05) is 18.6 Å². The van der Waals surface area contributed by atoms with Crippen LogP contribution in [0.5, 0.6) is 0 Å². The highest BCUT2D eigenvalue weighted by molar-refractivity contribution is 5.47. The van der Waals surface area contributed by atoms with Crippen LogP contribution in [0.2, 0.25) is 0 Å². The summed E-state index contributed by atoms with van der Waals surface area (Å²) in [5, 5.41) is 3.42. The van der Waals surface area contributed by atoms with Gasteiger partial charge in [0.2, 0.25) is 0 Å². The van der Waals surface area contributed by atoms with Crippen LogP contribution in [0, 0.1) is 12.7 Å². The topological polar surface area (TPSA) is 15.3 Å². The number of halogens is 1. The molecule has 2 unspecified atom stereocenters. The number of rotatable bonds is 2. The summed E-state index contributed by atoms with van der Waals surface area (Å²) in [7, 11) is 0. The van der Waals surface area contributed by atoms with E-state index in [2.05, 4.69) is 10.2 Å². The maximum atomic E-state index is 13.9. The monoisotopic (exact) mass is 248 g/mol. The lowest BCUT2D eigenvalue weighted by Gasteiger charge is -2.33. The van der Waals surface area contributed by atoms with Gasteiger partial charge in [-0.25, -0.2) is 4.39 Å². The molecule has 2 fully saturated rings. The summed E-state index contributed by atoms with van der Waals surface area (Å²) in [6, 6.07) is 6.48. The Morgan fingerprint density at radius 3 is 2.94 bits per heavy atom. The molecule has 1 N–H and O–H groups in total. The lowest BCUT2D eigenvalue weighted by Crippen LogP contribution is -2.41. The third-order valence-corrected chi connectivity index (χ3v) is 4.32. The third kappa shape index (κ3) is 2.24. The smallest absolute Gasteiger partial charge is 0.146 e. The van der Waals surface area contributed by atoms with Crippen LogP contribution in [0.1, 0.15) is 31.2 Å². The Kier molecular flexibility index (Phi) is 3.25. The van der Waals surface area contributed by atoms with Crippen molar-refractivity contribution < 1.29 is 4.39 Å². The summed E-state index contributed by atoms with van der Waals surface area (Å²) in [6.45, 7) is 4.31. The van der Waals surface area contributed by atoms with Crippen molar-refractivity contribution in [3.05, 3.63) is 29.6 Å². The second-order valence-electron chi connectivity index (χ2n) is 5.62. The minimum absolute atomic E-state index is 0.121. The van der Waals surface area contributed by atoms with Crippen LogP contribution in [0.25, 0.3) is 0 Å². The van der Waals surface area contributed by atoms with Gasteiger partial charge >= 0.3 is 0 Å². The van der Waals surface area contributed by atoms with Crippen molar-refractivity contribution in [1.29, 1.82) is 0 Å². The number of benzene rings is 1. The Morgan fingerprint density at radius 2 is 2.11 bits per heavy atom. The molecule has 0 aromatic heterocycles. The Balaban J connectivity index is 1.72. The van der Waals surface area contributed by atoms with Gasteiger partial charge in [-0.1, -0.05) is 12.5 Å². The highest BCUT2D eigenvalue weighted by Gasteiger charge is 2.35. The highest BCUT2D eigenvalue weighted by atomic mass is 19.1. The Hall–Kier alpha value is -1.09. The first kappa shape index (κ1) is 12.0. The fraction of sp³-hybridized carbons (Fsp3) is 0.600. The van der Waals surface area contributed by atoms with Gasteiger partial charge in [0.1, 0.15) is 5.82 Å². The van der Waals surface area contributed by atoms with Crippen LogP contribution in [0.3, 0.4) is 0 Å². The summed E-state index contributed by atoms with van der Waals surface area (Å²) < 4.78 is 13.9. The average Bonchev–Trinajstić information content (AvgIpc) is 2.76. The standard InChI is InChI=1S/C15H21FN2/c1-11-5-6-13(12(16)10-11)17-14-7-9-18-8-3-2-4-15(14)18/h5-6,10,14-15,17H,2-4,7-9H2,1H3. The molecular formula is C15H21FN2. The first-order valence-corrected chi connectivity index (χ1v) is 7.01. The first-order valence-electron chi connectivity index (χ1n) is 7.01. The predicted molar refractivity (Wildman–Crippen MR) is 72.4 cm³/mol. The molecule has 0 bridgehead atoms. The van der Waals surface area contributed by atoms with Gasteiger partial charge in [0.05, 0.1) is 5.69 Å². The molecule has 2 atom stereocenters. The molecule has 3 rings (SSSR count). The van der Waals surface area contributed by atoms with Crippen LogP contribution >= 0.6 is 0 Å². The maximum absolute atomic E-state index is 13.9. The predicted octanol–water partition coefficient (Wildman–Crippen LogP) is 3.17. The molecule has 0 aliphatic carbocycles. The number of fused-ring (bicyclic) bond motifs is 1. The van der Waals surface area contributed by atoms with E-state index in [9.17, 15) is 4.39 Å². The second-order valence-corrected chi connectivity index (χ2v) is 5.62. The van der Waals surface area contributed by atoms with Gasteiger partial charge in [-0.15, -0.1) is 0 Å². The van der Waals surface area contributed by atoms with Gasteiger partial charge in [-0.2, -0.15) is 0 Å². The van der Waals surface area contributed by atoms with Crippen molar-refractivity contribution in [1.82, 2.24) is 4.90 Å². The molecule has 0 saturated carbocycles. The van der Waals surface area contributed by atoms with Crippen LogP contribution in [0.15, 0.2) is 18.2 Å². The lowest BCUT2D eigenvalue weighted by atomic mass is 9.99. The zero-order valence-corrected chi connectivity index (χ0v) is 11.0. The molecule has 0 amide bonds. The van der Waals surface area contributed by atoms with Crippen molar-refractivity contribution in [2.45, 2.75) is 44.7 Å². The summed E-state index contributed by atoms with van der Waals surface area (Å²) in [6.07, 6.45) is 5.03. The van der Waals surface area contributed by atoms with Crippen molar-refractivity contribution >= 4 is 5.69 Å². The van der Waals surface area contributed by atoms with E-state index in [-0.39, 0.29) is 5.82 Å². The summed E-state index contributed by atoms with van der Waals surface area (Å²) >= 11 is 0. The van der Waals surface area contributed by atoms with Crippen LogP contribution < -0.4 is 5.32 Å². The Morgan fingerprint density at radius 1 is 1.22 bits per heavy atom. The number of anilines is 1. The van der Waals surface area contributed by atoms with Crippen LogP contribution in [0.4, 0.5) is 10.1 Å². The molecule has 2 aliphatic heterocycles. The van der Waals surface area contributed by atoms with Crippen molar-refractivity contribution in [3.8, 4) is 0 Å². The minimum Gasteiger partial charge on any atom is -0.378 e. The number of nitrogens with zero attached hydrogens (tertiary/aromatic N) is 1. The molecule has 2 heterocycles. The number of piperidine rings is 1. The van der Waals surface area contributed by atoms with Gasteiger partial charge in [-0.3, -0.25) is 4.90 Å². The molecule has 0 spiro atoms. The SMILES string of the molecule is Cc1ccc(NC2CCN3CCCCC23)c(F)c1. The highest BCUT2D eigenvalue weighted by Crippen LogP contribution is 2.30. The fourth-order valence-corrected chi connectivity index (χ4v) is 3.35. The minimum atomic E-state index is -0.121. The van der Waals surface area contributed by atoms with Gasteiger partial charge in [-0.05, 0) is 50.4 Å². The molecule has 1 aromatic carbocycles. The number of hydrogen-bond donors (Lipinski definition) is 1. The number of nitrogens with one attached hydrogen (secondary N) is 1. The molecule has 2 aliphatic rings. The molecule has 98 valence electrons. The molecule has 1 aromatic rings. The Labute approximate surface area is 108 Å². The summed E-state index contributed by atoms with van der Waals surface area (Å²) in [4.78, 5) is 2.56. The van der Waals surface area contributed by atoms with Crippen molar-refractivity contribution in [3.63, 3.8) is 0 Å². The van der Waals surface area contributed by atoms with Crippen LogP contribution in [-0.2, 0) is 0 Å². The van der Waals surface area contributed by atoms with Crippen LogP contribution in [-0.4, -0.2) is 30.1 Å². The van der Waals surface area contributed by atoms with E-state index in [4.69, 9.17) is 0 Å². The van der Waals surface area contributed by atoms with E-state index in [1.165, 1.54) is 25.8 Å². The number of hydrogen-bond acceptors (Lipinski definition) is 2. The lowest BCUT2D eigenvalue weighted by molar-refractivity contribution is 0.192. The zero-order chi connectivity index (χ0) is 12.5. The van der Waals surface area contributed by atoms with Gasteiger partial charge in [0.25, 0.3) is 0 Å². The quantitative estimate of drug-likeness (QED) is 0.864. The summed E-state index contributed by atoms with van der Waals surface area (Å²) in [5.74, 6) is -0.121. The molecule has 3 heteroatoms. The maximum Gasteiger partial charge on any atom is 0.146 e. The number of aryl methyl sites for hydroxylation is 1. The Bertz CT molecular complexity index is 433. The largest absolute Gasteiger partial charge is 0.378 e. The molecule has 18 heavy (non-hydrogen) atoms. The van der Waals surface area contributed by atoms with Crippen molar-refractivity contribution in [2.75, 3.05) is 18.4 Å². The summed E-state index contributed by atoms with van der Waals surface area (Å²) in [5.41, 5.74) is 1.64. The van der Waals surface area contributed by atoms with Gasteiger partial charge in [0.15, 0.2) is 0 Å². The average molecular weight is 248 g/mol. The zero-order valence-electron chi connectivity index (χ0n) is 11.0. The van der Waals surface area contributed by atoms with E-state index in [1.807, 2.05) is 19.1 Å². The van der Waals surface area contributed by atoms with E-state index in [0.717, 1.165) is 18.5 Å². The molecule has 2 saturated heterocycles. The van der Waals surface area contributed by atoms with E-state index in [0.29, 0.717) is 17.8 Å². The molecular weight excluding hydrogens is 227 g/mol. The molecule has 0 radical (unpaired) electrons. The normalized spacial score (nSPS) is 28.1. The second kappa shape index (κ2) is 4.88. The van der Waals surface area contributed by atoms with Gasteiger partial charge < -0.3 is 5.32 Å².